The predicted octanol–water partition coefficient (Wildman–Crippen LogP) is 1.40. The molecule has 0 N–H and O–H groups in total. The van der Waals surface area contributed by atoms with E-state index < -0.39 is 11.9 Å². The molecule has 0 bridgehead atoms. The molecule has 0 aliphatic rings. The van der Waals surface area contributed by atoms with Gasteiger partial charge in [0.25, 0.3) is 0 Å². The van der Waals surface area contributed by atoms with Crippen LogP contribution in [0.4, 0.5) is 0 Å². The van der Waals surface area contributed by atoms with Gasteiger partial charge in [0, 0.05) is 0 Å². The van der Waals surface area contributed by atoms with Gasteiger partial charge in [-0.3, -0.25) is 0 Å². The summed E-state index contributed by atoms with van der Waals surface area (Å²) < 4.78 is 9.76. The molecule has 21 heavy (non-hydrogen) atoms. The van der Waals surface area contributed by atoms with E-state index in [-0.39, 0.29) is 59.1 Å². The molecule has 0 unspecified atom stereocenters. The molecule has 0 saturated heterocycles. The number of esters is 2. The van der Waals surface area contributed by atoms with Crippen molar-refractivity contribution in [3.63, 3.8) is 0 Å². The molecule has 100 valence electrons. The molecule has 0 aliphatic heterocycles. The molecule has 0 spiro atoms. The van der Waals surface area contributed by atoms with E-state index in [0.717, 1.165) is 0 Å². The number of carbonyl (C=O) groups is 2. The van der Waals surface area contributed by atoms with E-state index in [0.29, 0.717) is 16.9 Å². The first-order chi connectivity index (χ1) is 9.20. The maximum atomic E-state index is 11.8. The second-order valence-corrected chi connectivity index (χ2v) is 3.77. The Morgan fingerprint density at radius 2 is 1.29 bits per heavy atom. The summed E-state index contributed by atoms with van der Waals surface area (Å²) in [7, 11) is 1.31. The van der Waals surface area contributed by atoms with Crippen LogP contribution >= 0.6 is 0 Å². The number of hydrogen-bond acceptors (Lipinski definition) is 4. The number of rotatable bonds is 3. The van der Waals surface area contributed by atoms with Crippen molar-refractivity contribution in [1.29, 1.82) is 0 Å². The minimum absolute atomic E-state index is 0. The van der Waals surface area contributed by atoms with Crippen LogP contribution in [0.3, 0.4) is 0 Å². The van der Waals surface area contributed by atoms with Crippen LogP contribution in [-0.4, -0.2) is 78.2 Å². The zero-order valence-corrected chi connectivity index (χ0v) is 10.3. The van der Waals surface area contributed by atoms with E-state index in [1.165, 1.54) is 7.11 Å². The summed E-state index contributed by atoms with van der Waals surface area (Å²) in [6.45, 7) is 0. The monoisotopic (exact) mass is 304 g/mol. The summed E-state index contributed by atoms with van der Waals surface area (Å²) in [4.78, 5) is 23.0. The molecule has 0 atom stereocenters. The Labute approximate surface area is 167 Å². The quantitative estimate of drug-likeness (QED) is 0.488. The van der Waals surface area contributed by atoms with E-state index in [4.69, 9.17) is 4.74 Å². The van der Waals surface area contributed by atoms with E-state index in [2.05, 4.69) is 4.74 Å². The molecule has 2 aromatic rings. The van der Waals surface area contributed by atoms with Crippen LogP contribution in [0.5, 0.6) is 5.75 Å². The number of hydrogen-bond donors (Lipinski definition) is 0. The SMILES string of the molecule is COC(=O)c1ccc(OC(=O)c2ccccc2)cc1.[NaH].[NaH]. The van der Waals surface area contributed by atoms with Gasteiger partial charge in [0.05, 0.1) is 18.2 Å². The van der Waals surface area contributed by atoms with Gasteiger partial charge in [-0.2, -0.15) is 0 Å². The maximum absolute atomic E-state index is 11.8. The van der Waals surface area contributed by atoms with Gasteiger partial charge in [0.1, 0.15) is 5.75 Å². The first-order valence-corrected chi connectivity index (χ1v) is 5.66. The van der Waals surface area contributed by atoms with E-state index >= 15 is 0 Å². The van der Waals surface area contributed by atoms with Crippen LogP contribution in [0.15, 0.2) is 54.6 Å². The Kier molecular flexibility index (Phi) is 9.86. The summed E-state index contributed by atoms with van der Waals surface area (Å²) in [5.74, 6) is -0.492. The average molecular weight is 304 g/mol. The van der Waals surface area contributed by atoms with Gasteiger partial charge in [0.2, 0.25) is 0 Å². The van der Waals surface area contributed by atoms with Gasteiger partial charge in [-0.1, -0.05) is 18.2 Å². The second-order valence-electron chi connectivity index (χ2n) is 3.77. The zero-order chi connectivity index (χ0) is 13.7. The third-order valence-corrected chi connectivity index (χ3v) is 2.50. The molecule has 0 aliphatic carbocycles. The Hall–Kier alpha value is -0.620. The molecule has 0 saturated carbocycles. The molecule has 2 aromatic carbocycles. The van der Waals surface area contributed by atoms with Crippen molar-refractivity contribution in [3.8, 4) is 5.75 Å². The van der Waals surface area contributed by atoms with Crippen LogP contribution in [0.1, 0.15) is 20.7 Å². The Bertz CT molecular complexity index is 582. The Morgan fingerprint density at radius 1 is 0.762 bits per heavy atom. The van der Waals surface area contributed by atoms with E-state index in [1.54, 1.807) is 48.5 Å². The standard InChI is InChI=1S/C15H12O4.2Na.2H/c1-18-14(16)12-7-9-13(10-8-12)19-15(17)11-5-3-2-4-6-11;;;;/h2-10H,1H3;;;;. The normalized spacial score (nSPS) is 8.81. The van der Waals surface area contributed by atoms with Gasteiger partial charge in [0.15, 0.2) is 0 Å². The number of carbonyl (C=O) groups excluding carboxylic acids is 2. The fraction of sp³-hybridized carbons (Fsp3) is 0.0667. The van der Waals surface area contributed by atoms with Crippen LogP contribution in [0, 0.1) is 0 Å². The third kappa shape index (κ3) is 5.94. The van der Waals surface area contributed by atoms with Gasteiger partial charge in [-0.15, -0.1) is 0 Å². The molecule has 0 radical (unpaired) electrons. The first-order valence-electron chi connectivity index (χ1n) is 5.66. The topological polar surface area (TPSA) is 52.6 Å². The van der Waals surface area contributed by atoms with Crippen LogP contribution in [-0.2, 0) is 4.74 Å². The summed E-state index contributed by atoms with van der Waals surface area (Å²) in [5.41, 5.74) is 0.876. The summed E-state index contributed by atoms with van der Waals surface area (Å²) in [6, 6.07) is 14.9. The predicted molar refractivity (Wildman–Crippen MR) is 83.5 cm³/mol. The Balaban J connectivity index is 0.00000200. The number of methoxy groups -OCH3 is 1. The molecular formula is C15H14Na2O4. The van der Waals surface area contributed by atoms with Gasteiger partial charge in [-0.05, 0) is 36.4 Å². The first kappa shape index (κ1) is 20.4. The van der Waals surface area contributed by atoms with Crippen molar-refractivity contribution in [3.05, 3.63) is 65.7 Å². The van der Waals surface area contributed by atoms with Gasteiger partial charge in [-0.25, -0.2) is 9.59 Å². The molecule has 0 aromatic heterocycles. The molecule has 0 heterocycles. The van der Waals surface area contributed by atoms with E-state index in [9.17, 15) is 9.59 Å². The average Bonchev–Trinajstić information content (AvgIpc) is 2.48. The van der Waals surface area contributed by atoms with Crippen molar-refractivity contribution in [1.82, 2.24) is 0 Å². The van der Waals surface area contributed by atoms with Crippen molar-refractivity contribution >= 4 is 71.1 Å². The van der Waals surface area contributed by atoms with Crippen molar-refractivity contribution < 1.29 is 19.1 Å². The Morgan fingerprint density at radius 3 is 1.81 bits per heavy atom. The fourth-order valence-corrected chi connectivity index (χ4v) is 1.52. The molecule has 0 fully saturated rings. The van der Waals surface area contributed by atoms with Gasteiger partial charge >= 0.3 is 71.1 Å². The molecule has 0 amide bonds. The fourth-order valence-electron chi connectivity index (χ4n) is 1.52. The minimum atomic E-state index is -0.439. The second kappa shape index (κ2) is 10.2. The summed E-state index contributed by atoms with van der Waals surface area (Å²) in [6.07, 6.45) is 0. The molecule has 6 heteroatoms. The number of benzene rings is 2. The summed E-state index contributed by atoms with van der Waals surface area (Å²) >= 11 is 0. The molecule has 4 nitrogen and oxygen atoms in total. The zero-order valence-electron chi connectivity index (χ0n) is 10.3. The molecule has 2 rings (SSSR count). The van der Waals surface area contributed by atoms with Crippen LogP contribution < -0.4 is 4.74 Å². The molecular weight excluding hydrogens is 290 g/mol. The van der Waals surface area contributed by atoms with E-state index in [1.807, 2.05) is 6.07 Å². The number of ether oxygens (including phenoxy) is 2. The van der Waals surface area contributed by atoms with Crippen LogP contribution in [0.25, 0.3) is 0 Å². The third-order valence-electron chi connectivity index (χ3n) is 2.50. The van der Waals surface area contributed by atoms with Crippen molar-refractivity contribution in [2.24, 2.45) is 0 Å². The van der Waals surface area contributed by atoms with Gasteiger partial charge < -0.3 is 9.47 Å². The summed E-state index contributed by atoms with van der Waals surface area (Å²) in [5, 5.41) is 0. The van der Waals surface area contributed by atoms with Crippen molar-refractivity contribution in [2.45, 2.75) is 0 Å². The van der Waals surface area contributed by atoms with Crippen molar-refractivity contribution in [2.75, 3.05) is 7.11 Å². The van der Waals surface area contributed by atoms with Crippen LogP contribution in [0.2, 0.25) is 0 Å².